The SMILES string of the molecule is CC(c1ccc(F)cc1)c1c(Nc2cnccn2)nc(N)nc1N1CC(N2CCOCC2)C1. The van der Waals surface area contributed by atoms with Crippen LogP contribution in [0.5, 0.6) is 0 Å². The topological polar surface area (TPSA) is 105 Å². The summed E-state index contributed by atoms with van der Waals surface area (Å²) in [5, 5.41) is 3.26. The number of ether oxygens (including phenoxy) is 1. The Hall–Kier alpha value is -3.37. The second-order valence-electron chi connectivity index (χ2n) is 8.36. The molecule has 3 N–H and O–H groups in total. The van der Waals surface area contributed by atoms with Crippen molar-refractivity contribution in [3.8, 4) is 0 Å². The lowest BCUT2D eigenvalue weighted by Gasteiger charge is -2.47. The van der Waals surface area contributed by atoms with Gasteiger partial charge in [0.2, 0.25) is 5.95 Å². The van der Waals surface area contributed by atoms with Crippen LogP contribution in [0.1, 0.15) is 24.0 Å². The third-order valence-electron chi connectivity index (χ3n) is 6.28. The molecule has 0 bridgehead atoms. The summed E-state index contributed by atoms with van der Waals surface area (Å²) in [6, 6.07) is 6.97. The highest BCUT2D eigenvalue weighted by Gasteiger charge is 2.36. The minimum Gasteiger partial charge on any atom is -0.379 e. The summed E-state index contributed by atoms with van der Waals surface area (Å²) in [7, 11) is 0. The summed E-state index contributed by atoms with van der Waals surface area (Å²) in [5.41, 5.74) is 7.98. The van der Waals surface area contributed by atoms with E-state index in [-0.39, 0.29) is 17.7 Å². The summed E-state index contributed by atoms with van der Waals surface area (Å²) < 4.78 is 19.1. The quantitative estimate of drug-likeness (QED) is 0.586. The maximum atomic E-state index is 13.6. The van der Waals surface area contributed by atoms with Crippen molar-refractivity contribution in [2.24, 2.45) is 0 Å². The highest BCUT2D eigenvalue weighted by Crippen LogP contribution is 2.39. The number of halogens is 1. The molecule has 10 heteroatoms. The first-order valence-corrected chi connectivity index (χ1v) is 11.1. The monoisotopic (exact) mass is 450 g/mol. The zero-order valence-corrected chi connectivity index (χ0v) is 18.5. The highest BCUT2D eigenvalue weighted by molar-refractivity contribution is 5.69. The Morgan fingerprint density at radius 3 is 2.58 bits per heavy atom. The molecule has 4 heterocycles. The first-order chi connectivity index (χ1) is 16.1. The molecule has 2 aliphatic rings. The van der Waals surface area contributed by atoms with E-state index in [1.54, 1.807) is 30.7 Å². The molecule has 33 heavy (non-hydrogen) atoms. The van der Waals surface area contributed by atoms with E-state index in [1.807, 2.05) is 0 Å². The Bertz CT molecular complexity index is 1090. The predicted molar refractivity (Wildman–Crippen MR) is 124 cm³/mol. The highest BCUT2D eigenvalue weighted by atomic mass is 19.1. The molecule has 0 saturated carbocycles. The van der Waals surface area contributed by atoms with Gasteiger partial charge in [0.1, 0.15) is 23.3 Å². The average molecular weight is 451 g/mol. The summed E-state index contributed by atoms with van der Waals surface area (Å²) >= 11 is 0. The molecule has 1 unspecified atom stereocenters. The van der Waals surface area contributed by atoms with Crippen molar-refractivity contribution in [3.63, 3.8) is 0 Å². The minimum absolute atomic E-state index is 0.109. The van der Waals surface area contributed by atoms with Gasteiger partial charge in [0.25, 0.3) is 0 Å². The number of nitrogens with zero attached hydrogens (tertiary/aromatic N) is 6. The number of hydrogen-bond donors (Lipinski definition) is 2. The molecule has 0 radical (unpaired) electrons. The van der Waals surface area contributed by atoms with E-state index in [9.17, 15) is 4.39 Å². The minimum atomic E-state index is -0.270. The van der Waals surface area contributed by atoms with Crippen molar-refractivity contribution in [1.82, 2.24) is 24.8 Å². The number of hydrogen-bond acceptors (Lipinski definition) is 9. The van der Waals surface area contributed by atoms with Crippen LogP contribution in [0.4, 0.5) is 27.8 Å². The molecule has 0 aliphatic carbocycles. The first kappa shape index (κ1) is 21.5. The van der Waals surface area contributed by atoms with Crippen molar-refractivity contribution in [2.45, 2.75) is 18.9 Å². The molecule has 1 atom stereocenters. The Kier molecular flexibility index (Phi) is 6.01. The lowest BCUT2D eigenvalue weighted by Crippen LogP contribution is -2.62. The van der Waals surface area contributed by atoms with E-state index in [4.69, 9.17) is 10.5 Å². The largest absolute Gasteiger partial charge is 0.379 e. The van der Waals surface area contributed by atoms with Crippen molar-refractivity contribution in [1.29, 1.82) is 0 Å². The number of benzene rings is 1. The second kappa shape index (κ2) is 9.24. The van der Waals surface area contributed by atoms with Gasteiger partial charge < -0.3 is 20.7 Å². The van der Waals surface area contributed by atoms with Gasteiger partial charge >= 0.3 is 0 Å². The fraction of sp³-hybridized carbons (Fsp3) is 0.391. The molecule has 2 aliphatic heterocycles. The summed E-state index contributed by atoms with van der Waals surface area (Å²) in [4.78, 5) is 22.3. The summed E-state index contributed by atoms with van der Waals surface area (Å²) in [6.45, 7) is 7.21. The molecule has 1 aromatic carbocycles. The van der Waals surface area contributed by atoms with E-state index in [0.717, 1.165) is 56.3 Å². The lowest BCUT2D eigenvalue weighted by molar-refractivity contribution is 0.0104. The van der Waals surface area contributed by atoms with E-state index in [1.165, 1.54) is 12.1 Å². The molecule has 0 amide bonds. The molecular weight excluding hydrogens is 423 g/mol. The van der Waals surface area contributed by atoms with Crippen molar-refractivity contribution in [3.05, 3.63) is 59.8 Å². The van der Waals surface area contributed by atoms with E-state index in [2.05, 4.69) is 42.0 Å². The fourth-order valence-electron chi connectivity index (χ4n) is 4.41. The number of nitrogen functional groups attached to an aromatic ring is 1. The van der Waals surface area contributed by atoms with Gasteiger partial charge in [-0.2, -0.15) is 9.97 Å². The second-order valence-corrected chi connectivity index (χ2v) is 8.36. The van der Waals surface area contributed by atoms with Crippen molar-refractivity contribution >= 4 is 23.4 Å². The van der Waals surface area contributed by atoms with Gasteiger partial charge in [-0.15, -0.1) is 0 Å². The normalized spacial score (nSPS) is 18.1. The first-order valence-electron chi connectivity index (χ1n) is 11.1. The number of anilines is 4. The van der Waals surface area contributed by atoms with Crippen LogP contribution in [0.3, 0.4) is 0 Å². The average Bonchev–Trinajstić information content (AvgIpc) is 2.79. The van der Waals surface area contributed by atoms with Crippen LogP contribution in [0.15, 0.2) is 42.9 Å². The predicted octanol–water partition coefficient (Wildman–Crippen LogP) is 2.40. The molecule has 9 nitrogen and oxygen atoms in total. The van der Waals surface area contributed by atoms with Crippen LogP contribution >= 0.6 is 0 Å². The Morgan fingerprint density at radius 2 is 1.88 bits per heavy atom. The molecule has 3 aromatic rings. The summed E-state index contributed by atoms with van der Waals surface area (Å²) in [6.07, 6.45) is 4.85. The zero-order valence-electron chi connectivity index (χ0n) is 18.5. The standard InChI is InChI=1S/C23H27FN8O/c1-15(16-2-4-17(24)5-3-16)20-21(28-19-12-26-6-7-27-19)29-23(25)30-22(20)32-13-18(14-32)31-8-10-33-11-9-31/h2-7,12,15,18H,8-11,13-14H2,1H3,(H3,25,27,28,29,30). The molecule has 5 rings (SSSR count). The van der Waals surface area contributed by atoms with Gasteiger partial charge in [0.05, 0.1) is 19.4 Å². The molecule has 2 aromatic heterocycles. The number of nitrogens with two attached hydrogens (primary N) is 1. The van der Waals surface area contributed by atoms with E-state index >= 15 is 0 Å². The third-order valence-corrected chi connectivity index (χ3v) is 6.28. The van der Waals surface area contributed by atoms with Crippen LogP contribution in [0.25, 0.3) is 0 Å². The number of aromatic nitrogens is 4. The maximum absolute atomic E-state index is 13.6. The molecule has 2 saturated heterocycles. The number of morpholine rings is 1. The van der Waals surface area contributed by atoms with Crippen molar-refractivity contribution in [2.75, 3.05) is 55.3 Å². The third kappa shape index (κ3) is 4.57. The Morgan fingerprint density at radius 1 is 1.12 bits per heavy atom. The van der Waals surface area contributed by atoms with E-state index < -0.39 is 0 Å². The van der Waals surface area contributed by atoms with Crippen LogP contribution in [0.2, 0.25) is 0 Å². The van der Waals surface area contributed by atoms with Gasteiger partial charge in [-0.25, -0.2) is 9.37 Å². The van der Waals surface area contributed by atoms with Crippen LogP contribution in [-0.4, -0.2) is 70.3 Å². The van der Waals surface area contributed by atoms with Gasteiger partial charge in [0.15, 0.2) is 0 Å². The van der Waals surface area contributed by atoms with Crippen LogP contribution in [-0.2, 0) is 4.74 Å². The number of rotatable bonds is 6. The zero-order chi connectivity index (χ0) is 22.8. The lowest BCUT2D eigenvalue weighted by atomic mass is 9.92. The molecule has 0 spiro atoms. The van der Waals surface area contributed by atoms with Crippen molar-refractivity contribution < 1.29 is 9.13 Å². The van der Waals surface area contributed by atoms with Gasteiger partial charge in [-0.1, -0.05) is 19.1 Å². The van der Waals surface area contributed by atoms with Gasteiger partial charge in [-0.05, 0) is 17.7 Å². The van der Waals surface area contributed by atoms with Crippen LogP contribution in [0, 0.1) is 5.82 Å². The molecule has 172 valence electrons. The van der Waals surface area contributed by atoms with Gasteiger partial charge in [-0.3, -0.25) is 9.88 Å². The Balaban J connectivity index is 1.49. The molecular formula is C23H27FN8O. The van der Waals surface area contributed by atoms with Crippen LogP contribution < -0.4 is 16.0 Å². The summed E-state index contributed by atoms with van der Waals surface area (Å²) in [5.74, 6) is 1.72. The smallest absolute Gasteiger partial charge is 0.223 e. The fourth-order valence-corrected chi connectivity index (χ4v) is 4.41. The van der Waals surface area contributed by atoms with E-state index in [0.29, 0.717) is 17.7 Å². The molecule has 2 fully saturated rings. The number of nitrogens with one attached hydrogen (secondary N) is 1. The van der Waals surface area contributed by atoms with Gasteiger partial charge in [0, 0.05) is 56.1 Å². The Labute approximate surface area is 191 Å². The maximum Gasteiger partial charge on any atom is 0.223 e.